The first kappa shape index (κ1) is 12.7. The number of hydrogen-bond donors (Lipinski definition) is 0. The van der Waals surface area contributed by atoms with Gasteiger partial charge in [0, 0.05) is 4.88 Å². The number of rotatable bonds is 2. The lowest BCUT2D eigenvalue weighted by Crippen LogP contribution is -2.06. The van der Waals surface area contributed by atoms with Crippen molar-refractivity contribution in [2.45, 2.75) is 0 Å². The molecule has 0 aliphatic carbocycles. The number of benzene rings is 2. The minimum Gasteiger partial charge on any atom is -0.437 e. The Bertz CT molecular complexity index is 747. The highest BCUT2D eigenvalue weighted by Gasteiger charge is 2.11. The SMILES string of the molecule is COC(=O)Oc1cccc2cc(-c3ccccc3)sc12. The second-order valence-corrected chi connectivity index (χ2v) is 5.26. The molecule has 1 heterocycles. The van der Waals surface area contributed by atoms with Crippen molar-refractivity contribution in [2.24, 2.45) is 0 Å². The molecule has 0 saturated carbocycles. The minimum absolute atomic E-state index is 0.529. The van der Waals surface area contributed by atoms with Gasteiger partial charge in [-0.05, 0) is 23.1 Å². The summed E-state index contributed by atoms with van der Waals surface area (Å²) in [7, 11) is 1.30. The molecule has 0 fully saturated rings. The molecule has 0 radical (unpaired) electrons. The highest BCUT2D eigenvalue weighted by Crippen LogP contribution is 2.38. The largest absolute Gasteiger partial charge is 0.513 e. The highest BCUT2D eigenvalue weighted by atomic mass is 32.1. The zero-order chi connectivity index (χ0) is 13.9. The van der Waals surface area contributed by atoms with Gasteiger partial charge in [0.2, 0.25) is 0 Å². The number of fused-ring (bicyclic) bond motifs is 1. The van der Waals surface area contributed by atoms with Crippen LogP contribution in [0.1, 0.15) is 0 Å². The maximum absolute atomic E-state index is 11.3. The Kier molecular flexibility index (Phi) is 3.39. The van der Waals surface area contributed by atoms with Crippen LogP contribution in [-0.2, 0) is 4.74 Å². The van der Waals surface area contributed by atoms with E-state index in [0.717, 1.165) is 20.5 Å². The van der Waals surface area contributed by atoms with Gasteiger partial charge >= 0.3 is 6.16 Å². The summed E-state index contributed by atoms with van der Waals surface area (Å²) in [4.78, 5) is 12.4. The Morgan fingerprint density at radius 1 is 1.05 bits per heavy atom. The summed E-state index contributed by atoms with van der Waals surface area (Å²) in [6, 6.07) is 17.9. The number of hydrogen-bond acceptors (Lipinski definition) is 4. The normalized spacial score (nSPS) is 10.4. The molecule has 0 spiro atoms. The Balaban J connectivity index is 2.07. The standard InChI is InChI=1S/C16H12O3S/c1-18-16(17)19-13-9-5-8-12-10-14(20-15(12)13)11-6-3-2-4-7-11/h2-10H,1H3. The predicted molar refractivity (Wildman–Crippen MR) is 80.3 cm³/mol. The van der Waals surface area contributed by atoms with Crippen molar-refractivity contribution in [1.82, 2.24) is 0 Å². The lowest BCUT2D eigenvalue weighted by atomic mass is 10.1. The molecule has 1 aromatic heterocycles. The fourth-order valence-electron chi connectivity index (χ4n) is 1.99. The summed E-state index contributed by atoms with van der Waals surface area (Å²) in [5.74, 6) is 0.529. The molecule has 0 aliphatic rings. The molecule has 3 aromatic rings. The number of ether oxygens (including phenoxy) is 2. The van der Waals surface area contributed by atoms with Crippen LogP contribution in [0.25, 0.3) is 20.5 Å². The molecular weight excluding hydrogens is 272 g/mol. The van der Waals surface area contributed by atoms with Crippen LogP contribution in [0.4, 0.5) is 4.79 Å². The maximum atomic E-state index is 11.3. The van der Waals surface area contributed by atoms with Crippen LogP contribution in [0.3, 0.4) is 0 Å². The fraction of sp³-hybridized carbons (Fsp3) is 0.0625. The summed E-state index contributed by atoms with van der Waals surface area (Å²) < 4.78 is 10.7. The van der Waals surface area contributed by atoms with E-state index in [-0.39, 0.29) is 0 Å². The van der Waals surface area contributed by atoms with Gasteiger partial charge in [-0.1, -0.05) is 42.5 Å². The maximum Gasteiger partial charge on any atom is 0.513 e. The summed E-state index contributed by atoms with van der Waals surface area (Å²) in [5.41, 5.74) is 1.15. The van der Waals surface area contributed by atoms with Gasteiger partial charge in [0.15, 0.2) is 5.75 Å². The lowest BCUT2D eigenvalue weighted by molar-refractivity contribution is 0.122. The zero-order valence-corrected chi connectivity index (χ0v) is 11.6. The molecule has 4 heteroatoms. The first-order chi connectivity index (χ1) is 9.78. The number of methoxy groups -OCH3 is 1. The molecule has 0 saturated heterocycles. The van der Waals surface area contributed by atoms with Crippen molar-refractivity contribution < 1.29 is 14.3 Å². The minimum atomic E-state index is -0.702. The van der Waals surface area contributed by atoms with Crippen molar-refractivity contribution in [3.8, 4) is 16.2 Å². The molecule has 0 atom stereocenters. The highest BCUT2D eigenvalue weighted by molar-refractivity contribution is 7.22. The molecule has 100 valence electrons. The zero-order valence-electron chi connectivity index (χ0n) is 10.8. The molecule has 20 heavy (non-hydrogen) atoms. The van der Waals surface area contributed by atoms with Gasteiger partial charge in [-0.25, -0.2) is 4.79 Å². The van der Waals surface area contributed by atoms with Crippen LogP contribution in [-0.4, -0.2) is 13.3 Å². The van der Waals surface area contributed by atoms with E-state index in [1.165, 1.54) is 7.11 Å². The smallest absolute Gasteiger partial charge is 0.437 e. The lowest BCUT2D eigenvalue weighted by Gasteiger charge is -2.02. The van der Waals surface area contributed by atoms with Gasteiger partial charge in [-0.2, -0.15) is 0 Å². The Labute approximate surface area is 120 Å². The molecule has 0 bridgehead atoms. The molecule has 0 unspecified atom stereocenters. The first-order valence-electron chi connectivity index (χ1n) is 6.12. The van der Waals surface area contributed by atoms with Crippen LogP contribution in [0.2, 0.25) is 0 Å². The van der Waals surface area contributed by atoms with Gasteiger partial charge in [0.1, 0.15) is 0 Å². The predicted octanol–water partition coefficient (Wildman–Crippen LogP) is 4.71. The van der Waals surface area contributed by atoms with E-state index in [9.17, 15) is 4.79 Å². The fourth-order valence-corrected chi connectivity index (χ4v) is 3.11. The summed E-state index contributed by atoms with van der Waals surface area (Å²) >= 11 is 1.60. The van der Waals surface area contributed by atoms with E-state index in [4.69, 9.17) is 4.74 Å². The van der Waals surface area contributed by atoms with E-state index in [0.29, 0.717) is 5.75 Å². The molecule has 0 aliphatic heterocycles. The van der Waals surface area contributed by atoms with Crippen molar-refractivity contribution in [3.63, 3.8) is 0 Å². The van der Waals surface area contributed by atoms with Crippen LogP contribution in [0.5, 0.6) is 5.75 Å². The van der Waals surface area contributed by atoms with Crippen LogP contribution < -0.4 is 4.74 Å². The summed E-state index contributed by atoms with van der Waals surface area (Å²) in [5, 5.41) is 1.05. The summed E-state index contributed by atoms with van der Waals surface area (Å²) in [6.07, 6.45) is -0.702. The molecular formula is C16H12O3S. The Morgan fingerprint density at radius 2 is 1.85 bits per heavy atom. The van der Waals surface area contributed by atoms with E-state index >= 15 is 0 Å². The van der Waals surface area contributed by atoms with Crippen molar-refractivity contribution >= 4 is 27.6 Å². The topological polar surface area (TPSA) is 35.5 Å². The number of thiophene rings is 1. The van der Waals surface area contributed by atoms with Gasteiger partial charge in [-0.3, -0.25) is 0 Å². The quantitative estimate of drug-likeness (QED) is 0.505. The van der Waals surface area contributed by atoms with Gasteiger partial charge < -0.3 is 9.47 Å². The number of carbonyl (C=O) groups excluding carboxylic acids is 1. The van der Waals surface area contributed by atoms with Crippen LogP contribution in [0.15, 0.2) is 54.6 Å². The third-order valence-electron chi connectivity index (χ3n) is 2.93. The third kappa shape index (κ3) is 2.38. The Hall–Kier alpha value is -2.33. The van der Waals surface area contributed by atoms with Crippen LogP contribution in [0, 0.1) is 0 Å². The van der Waals surface area contributed by atoms with Gasteiger partial charge in [0.25, 0.3) is 0 Å². The van der Waals surface area contributed by atoms with E-state index in [2.05, 4.69) is 22.9 Å². The van der Waals surface area contributed by atoms with E-state index < -0.39 is 6.16 Å². The second kappa shape index (κ2) is 5.35. The second-order valence-electron chi connectivity index (χ2n) is 4.21. The number of carbonyl (C=O) groups is 1. The van der Waals surface area contributed by atoms with E-state index in [1.54, 1.807) is 17.4 Å². The molecule has 0 N–H and O–H groups in total. The first-order valence-corrected chi connectivity index (χ1v) is 6.93. The average molecular weight is 284 g/mol. The van der Waals surface area contributed by atoms with Crippen LogP contribution >= 0.6 is 11.3 Å². The van der Waals surface area contributed by atoms with Crippen molar-refractivity contribution in [3.05, 3.63) is 54.6 Å². The third-order valence-corrected chi connectivity index (χ3v) is 4.14. The van der Waals surface area contributed by atoms with Gasteiger partial charge in [0.05, 0.1) is 11.8 Å². The van der Waals surface area contributed by atoms with E-state index in [1.807, 2.05) is 30.3 Å². The van der Waals surface area contributed by atoms with Crippen molar-refractivity contribution in [1.29, 1.82) is 0 Å². The summed E-state index contributed by atoms with van der Waals surface area (Å²) in [6.45, 7) is 0. The molecule has 3 nitrogen and oxygen atoms in total. The monoisotopic (exact) mass is 284 g/mol. The Morgan fingerprint density at radius 3 is 2.60 bits per heavy atom. The molecule has 2 aromatic carbocycles. The van der Waals surface area contributed by atoms with Gasteiger partial charge in [-0.15, -0.1) is 11.3 Å². The molecule has 3 rings (SSSR count). The molecule has 0 amide bonds. The average Bonchev–Trinajstić information content (AvgIpc) is 2.93. The van der Waals surface area contributed by atoms with Crippen molar-refractivity contribution in [2.75, 3.05) is 7.11 Å².